The second-order valence-corrected chi connectivity index (χ2v) is 4.20. The molecular formula is C13H18O3. The molecule has 0 radical (unpaired) electrons. The molecular weight excluding hydrogens is 204 g/mol. The Hall–Kier alpha value is -1.06. The van der Waals surface area contributed by atoms with Crippen LogP contribution in [0.2, 0.25) is 0 Å². The van der Waals surface area contributed by atoms with Gasteiger partial charge in [-0.15, -0.1) is 0 Å². The summed E-state index contributed by atoms with van der Waals surface area (Å²) in [6.45, 7) is 3.28. The van der Waals surface area contributed by atoms with Gasteiger partial charge in [-0.3, -0.25) is 0 Å². The van der Waals surface area contributed by atoms with E-state index in [0.29, 0.717) is 6.61 Å². The van der Waals surface area contributed by atoms with Crippen LogP contribution in [0, 0.1) is 0 Å². The van der Waals surface area contributed by atoms with Crippen molar-refractivity contribution in [2.24, 2.45) is 0 Å². The van der Waals surface area contributed by atoms with Gasteiger partial charge in [-0.1, -0.05) is 12.1 Å². The molecule has 1 N–H and O–H groups in total. The van der Waals surface area contributed by atoms with E-state index in [1.807, 2.05) is 24.3 Å². The number of rotatable bonds is 3. The van der Waals surface area contributed by atoms with Gasteiger partial charge >= 0.3 is 0 Å². The first-order chi connectivity index (χ1) is 7.75. The van der Waals surface area contributed by atoms with E-state index in [-0.39, 0.29) is 6.10 Å². The number of aliphatic hydroxyl groups is 1. The Morgan fingerprint density at radius 3 is 2.69 bits per heavy atom. The predicted molar refractivity (Wildman–Crippen MR) is 61.5 cm³/mol. The fourth-order valence-electron chi connectivity index (χ4n) is 1.82. The van der Waals surface area contributed by atoms with Crippen LogP contribution in [0.1, 0.15) is 31.4 Å². The predicted octanol–water partition coefficient (Wildman–Crippen LogP) is 2.30. The molecule has 0 saturated carbocycles. The molecule has 1 aliphatic rings. The van der Waals surface area contributed by atoms with Crippen LogP contribution in [0.5, 0.6) is 5.75 Å². The van der Waals surface area contributed by atoms with Crippen LogP contribution in [-0.4, -0.2) is 24.4 Å². The van der Waals surface area contributed by atoms with E-state index in [9.17, 15) is 5.11 Å². The molecule has 1 aromatic rings. The van der Waals surface area contributed by atoms with E-state index in [0.717, 1.165) is 30.8 Å². The third-order valence-corrected chi connectivity index (χ3v) is 2.78. The number of ether oxygens (including phenoxy) is 2. The van der Waals surface area contributed by atoms with Crippen molar-refractivity contribution in [2.75, 3.05) is 13.2 Å². The Bertz CT molecular complexity index is 312. The molecule has 1 heterocycles. The summed E-state index contributed by atoms with van der Waals surface area (Å²) in [6.07, 6.45) is 1.87. The number of hydrogen-bond acceptors (Lipinski definition) is 3. The summed E-state index contributed by atoms with van der Waals surface area (Å²) in [5, 5.41) is 9.38. The molecule has 0 bridgehead atoms. The highest BCUT2D eigenvalue weighted by atomic mass is 16.5. The first-order valence-corrected chi connectivity index (χ1v) is 5.78. The van der Waals surface area contributed by atoms with Crippen molar-refractivity contribution >= 4 is 0 Å². The summed E-state index contributed by atoms with van der Waals surface area (Å²) in [6, 6.07) is 7.58. The van der Waals surface area contributed by atoms with Crippen LogP contribution in [0.3, 0.4) is 0 Å². The van der Waals surface area contributed by atoms with Crippen molar-refractivity contribution in [1.82, 2.24) is 0 Å². The minimum absolute atomic E-state index is 0.172. The lowest BCUT2D eigenvalue weighted by Gasteiger charge is -2.23. The first-order valence-electron chi connectivity index (χ1n) is 5.78. The molecule has 88 valence electrons. The van der Waals surface area contributed by atoms with E-state index in [1.165, 1.54) is 0 Å². The molecule has 0 aromatic heterocycles. The summed E-state index contributed by atoms with van der Waals surface area (Å²) in [5.74, 6) is 0.847. The zero-order chi connectivity index (χ0) is 11.4. The number of hydrogen-bond donors (Lipinski definition) is 1. The Morgan fingerprint density at radius 1 is 1.38 bits per heavy atom. The second-order valence-electron chi connectivity index (χ2n) is 4.20. The van der Waals surface area contributed by atoms with Gasteiger partial charge in [-0.25, -0.2) is 0 Å². The van der Waals surface area contributed by atoms with Gasteiger partial charge in [0.15, 0.2) is 0 Å². The van der Waals surface area contributed by atoms with Gasteiger partial charge in [-0.05, 0) is 37.5 Å². The molecule has 3 nitrogen and oxygen atoms in total. The normalized spacial score (nSPS) is 22.8. The van der Waals surface area contributed by atoms with E-state index in [2.05, 4.69) is 0 Å². The summed E-state index contributed by atoms with van der Waals surface area (Å²) < 4.78 is 11.1. The van der Waals surface area contributed by atoms with Gasteiger partial charge in [0, 0.05) is 6.61 Å². The molecule has 0 spiro atoms. The smallest absolute Gasteiger partial charge is 0.122 e. The molecule has 1 aromatic carbocycles. The Balaban J connectivity index is 1.93. The molecule has 0 aliphatic carbocycles. The quantitative estimate of drug-likeness (QED) is 0.852. The largest absolute Gasteiger partial charge is 0.488 e. The van der Waals surface area contributed by atoms with Crippen LogP contribution in [0.25, 0.3) is 0 Å². The first kappa shape index (κ1) is 11.4. The van der Waals surface area contributed by atoms with Crippen LogP contribution in [-0.2, 0) is 4.74 Å². The van der Waals surface area contributed by atoms with Crippen molar-refractivity contribution in [3.8, 4) is 5.75 Å². The maximum atomic E-state index is 9.38. The Kier molecular flexibility index (Phi) is 3.80. The SMILES string of the molecule is C[C@@H](O)c1ccc(OC2CCCOC2)cc1. The summed E-state index contributed by atoms with van der Waals surface area (Å²) in [4.78, 5) is 0. The number of benzene rings is 1. The molecule has 1 fully saturated rings. The molecule has 2 atom stereocenters. The van der Waals surface area contributed by atoms with Gasteiger partial charge in [0.25, 0.3) is 0 Å². The molecule has 1 unspecified atom stereocenters. The Morgan fingerprint density at radius 2 is 2.12 bits per heavy atom. The fraction of sp³-hybridized carbons (Fsp3) is 0.538. The lowest BCUT2D eigenvalue weighted by molar-refractivity contribution is 0.00741. The summed E-state index contributed by atoms with van der Waals surface area (Å²) >= 11 is 0. The third-order valence-electron chi connectivity index (χ3n) is 2.78. The van der Waals surface area contributed by atoms with Crippen LogP contribution in [0.15, 0.2) is 24.3 Å². The van der Waals surface area contributed by atoms with Crippen LogP contribution < -0.4 is 4.74 Å². The zero-order valence-electron chi connectivity index (χ0n) is 9.56. The van der Waals surface area contributed by atoms with Gasteiger partial charge in [0.2, 0.25) is 0 Å². The lowest BCUT2D eigenvalue weighted by Crippen LogP contribution is -2.27. The van der Waals surface area contributed by atoms with Crippen molar-refractivity contribution < 1.29 is 14.6 Å². The van der Waals surface area contributed by atoms with Crippen LogP contribution in [0.4, 0.5) is 0 Å². The molecule has 3 heteroatoms. The maximum absolute atomic E-state index is 9.38. The van der Waals surface area contributed by atoms with E-state index < -0.39 is 6.10 Å². The minimum Gasteiger partial charge on any atom is -0.488 e. The highest BCUT2D eigenvalue weighted by Crippen LogP contribution is 2.20. The van der Waals surface area contributed by atoms with Crippen molar-refractivity contribution in [2.45, 2.75) is 32.0 Å². The maximum Gasteiger partial charge on any atom is 0.122 e. The molecule has 0 amide bonds. The third kappa shape index (κ3) is 2.97. The van der Waals surface area contributed by atoms with Crippen molar-refractivity contribution in [3.05, 3.63) is 29.8 Å². The topological polar surface area (TPSA) is 38.7 Å². The van der Waals surface area contributed by atoms with Gasteiger partial charge < -0.3 is 14.6 Å². The monoisotopic (exact) mass is 222 g/mol. The van der Waals surface area contributed by atoms with Crippen molar-refractivity contribution in [3.63, 3.8) is 0 Å². The summed E-state index contributed by atoms with van der Waals surface area (Å²) in [5.41, 5.74) is 0.909. The average molecular weight is 222 g/mol. The van der Waals surface area contributed by atoms with Gasteiger partial charge in [0.05, 0.1) is 12.7 Å². The van der Waals surface area contributed by atoms with Gasteiger partial charge in [-0.2, -0.15) is 0 Å². The summed E-state index contributed by atoms with van der Waals surface area (Å²) in [7, 11) is 0. The second kappa shape index (κ2) is 5.32. The fourth-order valence-corrected chi connectivity index (χ4v) is 1.82. The minimum atomic E-state index is -0.424. The standard InChI is InChI=1S/C13H18O3/c1-10(14)11-4-6-12(7-5-11)16-13-3-2-8-15-9-13/h4-7,10,13-14H,2-3,8-9H2,1H3/t10-,13?/m1/s1. The Labute approximate surface area is 96.0 Å². The number of aliphatic hydroxyl groups excluding tert-OH is 1. The highest BCUT2D eigenvalue weighted by Gasteiger charge is 2.15. The molecule has 1 aliphatic heterocycles. The van der Waals surface area contributed by atoms with E-state index in [1.54, 1.807) is 6.92 Å². The average Bonchev–Trinajstić information content (AvgIpc) is 2.31. The van der Waals surface area contributed by atoms with Crippen molar-refractivity contribution in [1.29, 1.82) is 0 Å². The van der Waals surface area contributed by atoms with E-state index >= 15 is 0 Å². The zero-order valence-corrected chi connectivity index (χ0v) is 9.56. The molecule has 2 rings (SSSR count). The lowest BCUT2D eigenvalue weighted by atomic mass is 10.1. The highest BCUT2D eigenvalue weighted by molar-refractivity contribution is 5.28. The molecule has 1 saturated heterocycles. The van der Waals surface area contributed by atoms with Crippen LogP contribution >= 0.6 is 0 Å². The molecule has 16 heavy (non-hydrogen) atoms. The van der Waals surface area contributed by atoms with E-state index in [4.69, 9.17) is 9.47 Å². The van der Waals surface area contributed by atoms with Gasteiger partial charge in [0.1, 0.15) is 11.9 Å².